The van der Waals surface area contributed by atoms with Gasteiger partial charge < -0.3 is 10.3 Å². The van der Waals surface area contributed by atoms with E-state index >= 15 is 0 Å². The fourth-order valence-corrected chi connectivity index (χ4v) is 4.42. The third-order valence-electron chi connectivity index (χ3n) is 4.31. The zero-order valence-corrected chi connectivity index (χ0v) is 16.6. The molecule has 1 saturated heterocycles. The molecule has 2 aromatic carbocycles. The molecule has 5 nitrogen and oxygen atoms in total. The third kappa shape index (κ3) is 4.86. The molecule has 0 unspecified atom stereocenters. The molecule has 148 valence electrons. The zero-order chi connectivity index (χ0) is 20.2. The molecule has 29 heavy (non-hydrogen) atoms. The van der Waals surface area contributed by atoms with Crippen molar-refractivity contribution in [3.63, 3.8) is 0 Å². The van der Waals surface area contributed by atoms with E-state index in [1.807, 2.05) is 30.5 Å². The van der Waals surface area contributed by atoms with Crippen LogP contribution in [0.4, 0.5) is 8.78 Å². The zero-order valence-electron chi connectivity index (χ0n) is 15.0. The summed E-state index contributed by atoms with van der Waals surface area (Å²) in [5, 5.41) is 12.1. The van der Waals surface area contributed by atoms with Crippen LogP contribution in [0, 0.1) is 0 Å². The quantitative estimate of drug-likeness (QED) is 0.340. The molecular weight excluding hydrogens is 414 g/mol. The van der Waals surface area contributed by atoms with Crippen LogP contribution in [0.15, 0.2) is 69.8 Å². The van der Waals surface area contributed by atoms with Crippen LogP contribution in [0.1, 0.15) is 11.1 Å². The number of nitrogens with zero attached hydrogens (tertiary/aromatic N) is 2. The number of hydrogen-bond donors (Lipinski definition) is 2. The van der Waals surface area contributed by atoms with Crippen molar-refractivity contribution in [2.45, 2.75) is 22.3 Å². The maximum absolute atomic E-state index is 12.4. The van der Waals surface area contributed by atoms with E-state index in [4.69, 9.17) is 0 Å². The molecule has 1 amide bonds. The van der Waals surface area contributed by atoms with Gasteiger partial charge >= 0.3 is 0 Å². The van der Waals surface area contributed by atoms with Gasteiger partial charge in [-0.1, -0.05) is 53.9 Å². The normalized spacial score (nSPS) is 18.4. The molecule has 3 aromatic rings. The van der Waals surface area contributed by atoms with Crippen molar-refractivity contribution in [1.29, 1.82) is 0 Å². The smallest absolute Gasteiger partial charge is 0.288 e. The molecule has 1 atom stereocenters. The van der Waals surface area contributed by atoms with E-state index < -0.39 is 5.76 Å². The van der Waals surface area contributed by atoms with E-state index in [0.29, 0.717) is 28.2 Å². The standard InChI is InChI=1S/C20H16F2N4OS2/c21-19(22)28-14-7-5-12(6-8-14)9-17-18(27)25-20(29-17)26-24-11-13-10-23-16-4-2-1-3-15(13)16/h1-8,10-11,17,19,23H,9H2,(H,25,26,27)/b24-11+/t17-/m0/s1. The van der Waals surface area contributed by atoms with Gasteiger partial charge in [0, 0.05) is 27.6 Å². The van der Waals surface area contributed by atoms with Gasteiger partial charge in [-0.15, -0.1) is 5.10 Å². The molecule has 1 aliphatic heterocycles. The van der Waals surface area contributed by atoms with Gasteiger partial charge in [0.1, 0.15) is 0 Å². The van der Waals surface area contributed by atoms with E-state index in [1.165, 1.54) is 11.8 Å². The molecular formula is C20H16F2N4OS2. The monoisotopic (exact) mass is 430 g/mol. The number of benzene rings is 2. The first-order chi connectivity index (χ1) is 14.1. The summed E-state index contributed by atoms with van der Waals surface area (Å²) in [4.78, 5) is 15.9. The number of nitrogens with one attached hydrogen (secondary N) is 2. The van der Waals surface area contributed by atoms with Gasteiger partial charge in [0.25, 0.3) is 5.76 Å². The van der Waals surface area contributed by atoms with Crippen LogP contribution in [0.5, 0.6) is 0 Å². The summed E-state index contributed by atoms with van der Waals surface area (Å²) in [6.07, 6.45) is 3.99. The van der Waals surface area contributed by atoms with E-state index in [1.54, 1.807) is 30.5 Å². The first-order valence-corrected chi connectivity index (χ1v) is 10.5. The number of H-pyrrole nitrogens is 1. The Labute approximate surface area is 174 Å². The number of aromatic amines is 1. The minimum absolute atomic E-state index is 0.137. The van der Waals surface area contributed by atoms with E-state index in [0.717, 1.165) is 22.0 Å². The molecule has 0 radical (unpaired) electrons. The Morgan fingerprint density at radius 1 is 1.17 bits per heavy atom. The van der Waals surface area contributed by atoms with Gasteiger partial charge in [-0.3, -0.25) is 4.79 Å². The first-order valence-electron chi connectivity index (χ1n) is 8.77. The lowest BCUT2D eigenvalue weighted by Crippen LogP contribution is -2.25. The van der Waals surface area contributed by atoms with E-state index in [9.17, 15) is 13.6 Å². The number of rotatable bonds is 6. The van der Waals surface area contributed by atoms with E-state index in [2.05, 4.69) is 20.5 Å². The number of fused-ring (bicyclic) bond motifs is 1. The molecule has 1 aliphatic rings. The number of halogens is 2. The molecule has 0 saturated carbocycles. The van der Waals surface area contributed by atoms with Crippen LogP contribution in [0.3, 0.4) is 0 Å². The van der Waals surface area contributed by atoms with Crippen LogP contribution in [-0.4, -0.2) is 33.3 Å². The van der Waals surface area contributed by atoms with Crippen LogP contribution >= 0.6 is 23.5 Å². The largest absolute Gasteiger partial charge is 0.361 e. The molecule has 2 N–H and O–H groups in total. The molecule has 2 heterocycles. The Kier molecular flexibility index (Phi) is 5.96. The Balaban J connectivity index is 1.38. The molecule has 0 bridgehead atoms. The Morgan fingerprint density at radius 3 is 2.76 bits per heavy atom. The summed E-state index contributed by atoms with van der Waals surface area (Å²) < 4.78 is 24.8. The lowest BCUT2D eigenvalue weighted by Gasteiger charge is -2.06. The number of hydrogen-bond acceptors (Lipinski definition) is 5. The minimum atomic E-state index is -2.44. The molecule has 1 fully saturated rings. The summed E-state index contributed by atoms with van der Waals surface area (Å²) in [6.45, 7) is 0. The van der Waals surface area contributed by atoms with Crippen molar-refractivity contribution < 1.29 is 13.6 Å². The fraction of sp³-hybridized carbons (Fsp3) is 0.150. The van der Waals surface area contributed by atoms with Crippen LogP contribution < -0.4 is 5.32 Å². The third-order valence-corrected chi connectivity index (χ3v) is 6.11. The highest BCUT2D eigenvalue weighted by molar-refractivity contribution is 8.15. The maximum Gasteiger partial charge on any atom is 0.288 e. The van der Waals surface area contributed by atoms with Gasteiger partial charge in [-0.05, 0) is 30.2 Å². The van der Waals surface area contributed by atoms with Gasteiger partial charge in [0.05, 0.1) is 11.5 Å². The number of aromatic nitrogens is 1. The van der Waals surface area contributed by atoms with Crippen molar-refractivity contribution in [1.82, 2.24) is 10.3 Å². The maximum atomic E-state index is 12.4. The predicted octanol–water partition coefficient (Wildman–Crippen LogP) is 4.65. The molecule has 0 aliphatic carbocycles. The molecule has 4 rings (SSSR count). The van der Waals surface area contributed by atoms with Gasteiger partial charge in [-0.2, -0.15) is 13.9 Å². The van der Waals surface area contributed by atoms with Crippen molar-refractivity contribution in [2.24, 2.45) is 10.2 Å². The van der Waals surface area contributed by atoms with Crippen molar-refractivity contribution in [3.8, 4) is 0 Å². The van der Waals surface area contributed by atoms with Crippen LogP contribution in [-0.2, 0) is 11.2 Å². The second-order valence-electron chi connectivity index (χ2n) is 6.26. The summed E-state index contributed by atoms with van der Waals surface area (Å²) >= 11 is 1.82. The molecule has 9 heteroatoms. The number of alkyl halides is 2. The van der Waals surface area contributed by atoms with Gasteiger partial charge in [0.2, 0.25) is 5.91 Å². The average Bonchev–Trinajstić information content (AvgIpc) is 3.27. The Morgan fingerprint density at radius 2 is 1.97 bits per heavy atom. The number of carbonyl (C=O) groups excluding carboxylic acids is 1. The highest BCUT2D eigenvalue weighted by Gasteiger charge is 2.30. The SMILES string of the molecule is O=C1N/C(=N\N=C\c2c[nH]c3ccccc23)S[C@H]1Cc1ccc(SC(F)F)cc1. The number of amidine groups is 1. The average molecular weight is 431 g/mol. The topological polar surface area (TPSA) is 69.6 Å². The first kappa shape index (κ1) is 19.7. The summed E-state index contributed by atoms with van der Waals surface area (Å²) in [5.41, 5.74) is 2.83. The summed E-state index contributed by atoms with van der Waals surface area (Å²) in [7, 11) is 0. The van der Waals surface area contributed by atoms with Crippen molar-refractivity contribution >= 4 is 51.7 Å². The molecule has 1 aromatic heterocycles. The predicted molar refractivity (Wildman–Crippen MR) is 115 cm³/mol. The summed E-state index contributed by atoms with van der Waals surface area (Å²) in [5.74, 6) is -2.58. The number of para-hydroxylation sites is 1. The van der Waals surface area contributed by atoms with Gasteiger partial charge in [-0.25, -0.2) is 0 Å². The second kappa shape index (κ2) is 8.79. The fourth-order valence-electron chi connectivity index (χ4n) is 2.95. The number of thioether (sulfide) groups is 2. The Bertz CT molecular complexity index is 1080. The Hall–Kier alpha value is -2.65. The van der Waals surface area contributed by atoms with Gasteiger partial charge in [0.15, 0.2) is 5.17 Å². The summed E-state index contributed by atoms with van der Waals surface area (Å²) in [6, 6.07) is 14.7. The highest BCUT2D eigenvalue weighted by Crippen LogP contribution is 2.27. The van der Waals surface area contributed by atoms with Crippen LogP contribution in [0.25, 0.3) is 10.9 Å². The lowest BCUT2D eigenvalue weighted by atomic mass is 10.1. The lowest BCUT2D eigenvalue weighted by molar-refractivity contribution is -0.118. The number of carbonyl (C=O) groups is 1. The van der Waals surface area contributed by atoms with E-state index in [-0.39, 0.29) is 11.2 Å². The van der Waals surface area contributed by atoms with Crippen molar-refractivity contribution in [3.05, 3.63) is 65.9 Å². The second-order valence-corrected chi connectivity index (χ2v) is 8.52. The number of amides is 1. The minimum Gasteiger partial charge on any atom is -0.361 e. The van der Waals surface area contributed by atoms with Crippen molar-refractivity contribution in [2.75, 3.05) is 0 Å². The highest BCUT2D eigenvalue weighted by atomic mass is 32.2. The molecule has 0 spiro atoms. The van der Waals surface area contributed by atoms with Crippen LogP contribution in [0.2, 0.25) is 0 Å².